The van der Waals surface area contributed by atoms with Crippen LogP contribution >= 0.6 is 11.3 Å². The number of thiophene rings is 1. The summed E-state index contributed by atoms with van der Waals surface area (Å²) in [6.45, 7) is 7.36. The molecule has 0 aliphatic rings. The van der Waals surface area contributed by atoms with E-state index in [4.69, 9.17) is 4.74 Å². The van der Waals surface area contributed by atoms with E-state index in [0.29, 0.717) is 0 Å². The van der Waals surface area contributed by atoms with E-state index in [9.17, 15) is 4.79 Å². The molecule has 8 heteroatoms. The minimum absolute atomic E-state index is 0.499. The zero-order valence-corrected chi connectivity index (χ0v) is 17.4. The van der Waals surface area contributed by atoms with Gasteiger partial charge < -0.3 is 10.1 Å². The Morgan fingerprint density at radius 3 is 2.59 bits per heavy atom. The zero-order chi connectivity index (χ0) is 20.6. The summed E-state index contributed by atoms with van der Waals surface area (Å²) in [6, 6.07) is 9.89. The van der Waals surface area contributed by atoms with Crippen LogP contribution < -0.4 is 5.32 Å². The van der Waals surface area contributed by atoms with Crippen molar-refractivity contribution in [3.05, 3.63) is 53.9 Å². The molecule has 0 atom stereocenters. The summed E-state index contributed by atoms with van der Waals surface area (Å²) in [7, 11) is 0. The third kappa shape index (κ3) is 4.27. The van der Waals surface area contributed by atoms with Gasteiger partial charge in [-0.3, -0.25) is 0 Å². The maximum atomic E-state index is 12.1. The van der Waals surface area contributed by atoms with Crippen LogP contribution in [-0.2, 0) is 4.74 Å². The average Bonchev–Trinajstić information content (AvgIpc) is 3.30. The van der Waals surface area contributed by atoms with Gasteiger partial charge in [-0.1, -0.05) is 12.1 Å². The number of ether oxygens (including phenoxy) is 1. The normalized spacial score (nSPS) is 11.6. The third-order valence-corrected chi connectivity index (χ3v) is 4.89. The summed E-state index contributed by atoms with van der Waals surface area (Å²) in [5.74, 6) is 1.52. The molecular weight excluding hydrogens is 386 g/mol. The predicted molar refractivity (Wildman–Crippen MR) is 115 cm³/mol. The fourth-order valence-corrected chi connectivity index (χ4v) is 3.63. The van der Waals surface area contributed by atoms with Gasteiger partial charge in [0.1, 0.15) is 22.1 Å². The second-order valence-electron chi connectivity index (χ2n) is 7.62. The number of aromatic nitrogens is 4. The Balaban J connectivity index is 1.53. The van der Waals surface area contributed by atoms with E-state index in [2.05, 4.69) is 20.4 Å². The Morgan fingerprint density at radius 2 is 1.86 bits per heavy atom. The van der Waals surface area contributed by atoms with E-state index in [1.807, 2.05) is 63.4 Å². The van der Waals surface area contributed by atoms with Crippen molar-refractivity contribution < 1.29 is 9.53 Å². The monoisotopic (exact) mass is 407 g/mol. The van der Waals surface area contributed by atoms with Crippen LogP contribution in [0.4, 0.5) is 16.3 Å². The standard InChI is InChI=1S/C21H21N5O2S/c1-13-23-18(17-9-10-29-19(17)24-13)25-16-7-5-14(6-8-16)15-11-22-26(12-15)20(27)28-21(2,3)4/h5-12H,1-4H3,(H,23,24,25). The topological polar surface area (TPSA) is 81.9 Å². The predicted octanol–water partition coefficient (Wildman–Crippen LogP) is 5.39. The molecule has 0 spiro atoms. The largest absolute Gasteiger partial charge is 0.442 e. The van der Waals surface area contributed by atoms with Crippen LogP contribution in [0, 0.1) is 6.92 Å². The molecule has 148 valence electrons. The number of rotatable bonds is 3. The summed E-state index contributed by atoms with van der Waals surface area (Å²) < 4.78 is 6.55. The van der Waals surface area contributed by atoms with Crippen molar-refractivity contribution in [3.8, 4) is 11.1 Å². The van der Waals surface area contributed by atoms with Gasteiger partial charge in [-0.05, 0) is 56.8 Å². The van der Waals surface area contributed by atoms with Crippen molar-refractivity contribution in [2.45, 2.75) is 33.3 Å². The highest BCUT2D eigenvalue weighted by Crippen LogP contribution is 2.28. The van der Waals surface area contributed by atoms with E-state index < -0.39 is 11.7 Å². The van der Waals surface area contributed by atoms with Gasteiger partial charge in [-0.25, -0.2) is 14.8 Å². The van der Waals surface area contributed by atoms with Gasteiger partial charge in [0.05, 0.1) is 11.6 Å². The van der Waals surface area contributed by atoms with Crippen LogP contribution in [0.1, 0.15) is 26.6 Å². The van der Waals surface area contributed by atoms with E-state index in [1.54, 1.807) is 23.7 Å². The molecule has 0 bridgehead atoms. The Morgan fingerprint density at radius 1 is 1.10 bits per heavy atom. The molecule has 3 heterocycles. The maximum absolute atomic E-state index is 12.1. The van der Waals surface area contributed by atoms with Gasteiger partial charge in [0.2, 0.25) is 0 Å². The van der Waals surface area contributed by atoms with Crippen molar-refractivity contribution in [3.63, 3.8) is 0 Å². The number of carbonyl (C=O) groups excluding carboxylic acids is 1. The van der Waals surface area contributed by atoms with Crippen LogP contribution in [0.25, 0.3) is 21.3 Å². The van der Waals surface area contributed by atoms with Gasteiger partial charge in [0, 0.05) is 17.4 Å². The molecule has 7 nitrogen and oxygen atoms in total. The molecule has 3 aromatic heterocycles. The van der Waals surface area contributed by atoms with Gasteiger partial charge in [0.15, 0.2) is 0 Å². The molecule has 0 amide bonds. The summed E-state index contributed by atoms with van der Waals surface area (Å²) in [6.07, 6.45) is 2.81. The number of benzene rings is 1. The lowest BCUT2D eigenvalue weighted by molar-refractivity contribution is 0.0514. The molecule has 0 saturated heterocycles. The molecule has 0 fully saturated rings. The van der Waals surface area contributed by atoms with Crippen molar-refractivity contribution in [1.82, 2.24) is 19.7 Å². The highest BCUT2D eigenvalue weighted by molar-refractivity contribution is 7.16. The molecule has 4 rings (SSSR count). The molecule has 0 saturated carbocycles. The molecule has 1 aromatic carbocycles. The van der Waals surface area contributed by atoms with Crippen molar-refractivity contribution in [2.75, 3.05) is 5.32 Å². The first-order chi connectivity index (χ1) is 13.8. The van der Waals surface area contributed by atoms with Crippen LogP contribution in [0.2, 0.25) is 0 Å². The molecular formula is C21H21N5O2S. The Kier molecular flexibility index (Phi) is 4.79. The Bertz CT molecular complexity index is 1170. The number of fused-ring (bicyclic) bond motifs is 1. The number of nitrogens with one attached hydrogen (secondary N) is 1. The molecule has 1 N–H and O–H groups in total. The van der Waals surface area contributed by atoms with Gasteiger partial charge in [0.25, 0.3) is 0 Å². The summed E-state index contributed by atoms with van der Waals surface area (Å²) in [4.78, 5) is 22.1. The molecule has 0 unspecified atom stereocenters. The maximum Gasteiger partial charge on any atom is 0.435 e. The number of hydrogen-bond donors (Lipinski definition) is 1. The van der Waals surface area contributed by atoms with Crippen LogP contribution in [0.5, 0.6) is 0 Å². The minimum atomic E-state index is -0.566. The highest BCUT2D eigenvalue weighted by atomic mass is 32.1. The lowest BCUT2D eigenvalue weighted by atomic mass is 10.1. The van der Waals surface area contributed by atoms with Crippen LogP contribution in [-0.4, -0.2) is 31.4 Å². The first-order valence-corrected chi connectivity index (χ1v) is 10.0. The summed E-state index contributed by atoms with van der Waals surface area (Å²) >= 11 is 1.60. The molecule has 0 aliphatic carbocycles. The van der Waals surface area contributed by atoms with E-state index in [1.165, 1.54) is 4.68 Å². The van der Waals surface area contributed by atoms with Gasteiger partial charge in [-0.15, -0.1) is 11.3 Å². The number of hydrogen-bond acceptors (Lipinski definition) is 7. The number of anilines is 2. The second kappa shape index (κ2) is 7.29. The Labute approximate surface area is 172 Å². The first kappa shape index (κ1) is 19.1. The van der Waals surface area contributed by atoms with Crippen molar-refractivity contribution >= 4 is 39.2 Å². The summed E-state index contributed by atoms with van der Waals surface area (Å²) in [5, 5.41) is 10.5. The van der Waals surface area contributed by atoms with Gasteiger partial charge >= 0.3 is 6.09 Å². The number of aryl methyl sites for hydroxylation is 1. The quantitative estimate of drug-likeness (QED) is 0.490. The van der Waals surface area contributed by atoms with Crippen molar-refractivity contribution in [1.29, 1.82) is 0 Å². The molecule has 4 aromatic rings. The first-order valence-electron chi connectivity index (χ1n) is 9.16. The fraction of sp³-hybridized carbons (Fsp3) is 0.238. The van der Waals surface area contributed by atoms with Crippen LogP contribution in [0.3, 0.4) is 0 Å². The summed E-state index contributed by atoms with van der Waals surface area (Å²) in [5.41, 5.74) is 2.13. The van der Waals surface area contributed by atoms with Crippen molar-refractivity contribution in [2.24, 2.45) is 0 Å². The van der Waals surface area contributed by atoms with E-state index in [-0.39, 0.29) is 0 Å². The van der Waals surface area contributed by atoms with Gasteiger partial charge in [-0.2, -0.15) is 9.78 Å². The number of nitrogens with zero attached hydrogens (tertiary/aromatic N) is 4. The fourth-order valence-electron chi connectivity index (χ4n) is 2.82. The lowest BCUT2D eigenvalue weighted by Gasteiger charge is -2.18. The smallest absolute Gasteiger partial charge is 0.435 e. The SMILES string of the molecule is Cc1nc(Nc2ccc(-c3cnn(C(=O)OC(C)(C)C)c3)cc2)c2ccsc2n1. The zero-order valence-electron chi connectivity index (χ0n) is 16.6. The molecule has 0 aliphatic heterocycles. The Hall–Kier alpha value is -3.26. The average molecular weight is 407 g/mol. The second-order valence-corrected chi connectivity index (χ2v) is 8.51. The molecule has 29 heavy (non-hydrogen) atoms. The minimum Gasteiger partial charge on any atom is -0.442 e. The molecule has 0 radical (unpaired) electrons. The highest BCUT2D eigenvalue weighted by Gasteiger charge is 2.18. The van der Waals surface area contributed by atoms with E-state index in [0.717, 1.165) is 38.7 Å². The lowest BCUT2D eigenvalue weighted by Crippen LogP contribution is -2.27. The van der Waals surface area contributed by atoms with Crippen LogP contribution in [0.15, 0.2) is 48.1 Å². The van der Waals surface area contributed by atoms with E-state index >= 15 is 0 Å². The third-order valence-electron chi connectivity index (χ3n) is 4.08. The number of carbonyl (C=O) groups is 1.